The smallest absolute Gasteiger partial charge is 0.160 e. The highest BCUT2D eigenvalue weighted by atomic mass is 16.3. The normalized spacial score (nSPS) is 12.0. The number of fused-ring (bicyclic) bond motifs is 7. The molecule has 5 rings (SSSR count). The summed E-state index contributed by atoms with van der Waals surface area (Å²) in [5.41, 5.74) is 4.11. The van der Waals surface area contributed by atoms with Crippen molar-refractivity contribution in [3.05, 3.63) is 60.7 Å². The number of furan rings is 1. The van der Waals surface area contributed by atoms with Crippen LogP contribution in [0.4, 0.5) is 0 Å². The lowest BCUT2D eigenvalue weighted by Crippen LogP contribution is -1.74. The van der Waals surface area contributed by atoms with E-state index < -0.39 is 0 Å². The summed E-state index contributed by atoms with van der Waals surface area (Å²) >= 11 is 0. The fourth-order valence-electron chi connectivity index (χ4n) is 3.10. The fraction of sp³-hybridized carbons (Fsp3) is 0. The fourth-order valence-corrected chi connectivity index (χ4v) is 3.10. The number of H-pyrrole nitrogens is 1. The van der Waals surface area contributed by atoms with Crippen molar-refractivity contribution in [3.63, 3.8) is 0 Å². The van der Waals surface area contributed by atoms with Crippen LogP contribution in [-0.4, -0.2) is 4.98 Å². The molecule has 0 fully saturated rings. The molecule has 20 heavy (non-hydrogen) atoms. The number of hydrogen-bond acceptors (Lipinski definition) is 1. The van der Waals surface area contributed by atoms with E-state index in [4.69, 9.17) is 4.42 Å². The van der Waals surface area contributed by atoms with Crippen molar-refractivity contribution in [1.29, 1.82) is 0 Å². The molecule has 2 nitrogen and oxygen atoms in total. The van der Waals surface area contributed by atoms with Crippen LogP contribution in [-0.2, 0) is 0 Å². The summed E-state index contributed by atoms with van der Waals surface area (Å²) in [5, 5.41) is 4.79. The molecule has 94 valence electrons. The highest BCUT2D eigenvalue weighted by Gasteiger charge is 2.14. The average molecular weight is 257 g/mol. The van der Waals surface area contributed by atoms with Gasteiger partial charge in [-0.1, -0.05) is 42.5 Å². The first-order valence-electron chi connectivity index (χ1n) is 6.72. The van der Waals surface area contributed by atoms with Crippen LogP contribution in [0.25, 0.3) is 43.7 Å². The molecule has 0 atom stereocenters. The van der Waals surface area contributed by atoms with Gasteiger partial charge in [-0.25, -0.2) is 0 Å². The molecule has 0 saturated heterocycles. The Morgan fingerprint density at radius 2 is 1.55 bits per heavy atom. The lowest BCUT2D eigenvalue weighted by atomic mass is 10.1. The molecule has 0 bridgehead atoms. The Balaban J connectivity index is 2.13. The summed E-state index contributed by atoms with van der Waals surface area (Å²) < 4.78 is 6.08. The molecule has 0 radical (unpaired) electrons. The molecule has 0 aliphatic carbocycles. The molecule has 0 amide bonds. The highest BCUT2D eigenvalue weighted by Crippen LogP contribution is 2.37. The lowest BCUT2D eigenvalue weighted by molar-refractivity contribution is 0.673. The van der Waals surface area contributed by atoms with Gasteiger partial charge in [-0.15, -0.1) is 0 Å². The van der Waals surface area contributed by atoms with Crippen LogP contribution < -0.4 is 0 Å². The standard InChI is InChI=1S/C18H11NO/c1-2-6-12-11(5-1)9-10-15-16(12)17-18(20-15)13-7-3-4-8-14(13)19-17/h1-10,19H. The van der Waals surface area contributed by atoms with Gasteiger partial charge in [-0.3, -0.25) is 0 Å². The van der Waals surface area contributed by atoms with E-state index in [0.29, 0.717) is 0 Å². The summed E-state index contributed by atoms with van der Waals surface area (Å²) in [5.74, 6) is 0. The summed E-state index contributed by atoms with van der Waals surface area (Å²) in [6, 6.07) is 20.9. The molecule has 3 aromatic carbocycles. The van der Waals surface area contributed by atoms with Crippen molar-refractivity contribution in [3.8, 4) is 0 Å². The van der Waals surface area contributed by atoms with Crippen molar-refractivity contribution in [2.24, 2.45) is 0 Å². The van der Waals surface area contributed by atoms with Crippen molar-refractivity contribution in [1.82, 2.24) is 4.98 Å². The second-order valence-corrected chi connectivity index (χ2v) is 5.14. The van der Waals surface area contributed by atoms with Crippen molar-refractivity contribution in [2.75, 3.05) is 0 Å². The molecular weight excluding hydrogens is 246 g/mol. The maximum atomic E-state index is 6.08. The molecule has 2 heteroatoms. The van der Waals surface area contributed by atoms with Gasteiger partial charge in [-0.2, -0.15) is 0 Å². The minimum atomic E-state index is 0.940. The van der Waals surface area contributed by atoms with Gasteiger partial charge in [0.2, 0.25) is 0 Å². The second-order valence-electron chi connectivity index (χ2n) is 5.14. The van der Waals surface area contributed by atoms with E-state index in [9.17, 15) is 0 Å². The molecule has 0 spiro atoms. The van der Waals surface area contributed by atoms with Crippen molar-refractivity contribution >= 4 is 43.7 Å². The molecule has 0 aliphatic rings. The van der Waals surface area contributed by atoms with Gasteiger partial charge >= 0.3 is 0 Å². The first kappa shape index (κ1) is 10.1. The predicted molar refractivity (Wildman–Crippen MR) is 83.1 cm³/mol. The number of hydrogen-bond donors (Lipinski definition) is 1. The van der Waals surface area contributed by atoms with Gasteiger partial charge in [0.15, 0.2) is 5.58 Å². The summed E-state index contributed by atoms with van der Waals surface area (Å²) in [7, 11) is 0. The minimum Gasteiger partial charge on any atom is -0.454 e. The largest absolute Gasteiger partial charge is 0.454 e. The molecule has 0 saturated carbocycles. The van der Waals surface area contributed by atoms with E-state index in [-0.39, 0.29) is 0 Å². The SMILES string of the molecule is c1ccc2c(c1)ccc1oc3c4ccccc4[nH]c3c12. The van der Waals surface area contributed by atoms with Crippen LogP contribution in [0.15, 0.2) is 65.1 Å². The summed E-state index contributed by atoms with van der Waals surface area (Å²) in [4.78, 5) is 3.50. The molecule has 2 heterocycles. The molecule has 5 aromatic rings. The topological polar surface area (TPSA) is 28.9 Å². The minimum absolute atomic E-state index is 0.940. The van der Waals surface area contributed by atoms with E-state index in [1.165, 1.54) is 16.2 Å². The average Bonchev–Trinajstić information content (AvgIpc) is 3.03. The first-order valence-corrected chi connectivity index (χ1v) is 6.72. The zero-order valence-corrected chi connectivity index (χ0v) is 10.7. The Morgan fingerprint density at radius 1 is 0.750 bits per heavy atom. The third-order valence-corrected chi connectivity index (χ3v) is 4.01. The molecule has 0 unspecified atom stereocenters. The number of benzene rings is 3. The van der Waals surface area contributed by atoms with Gasteiger partial charge in [-0.05, 0) is 29.0 Å². The second kappa shape index (κ2) is 3.42. The third kappa shape index (κ3) is 1.14. The van der Waals surface area contributed by atoms with E-state index in [2.05, 4.69) is 53.5 Å². The molecular formula is C18H11NO. The van der Waals surface area contributed by atoms with Crippen LogP contribution in [0.5, 0.6) is 0 Å². The third-order valence-electron chi connectivity index (χ3n) is 4.01. The van der Waals surface area contributed by atoms with Crippen LogP contribution in [0.2, 0.25) is 0 Å². The van der Waals surface area contributed by atoms with E-state index in [1.807, 2.05) is 12.1 Å². The van der Waals surface area contributed by atoms with E-state index in [1.54, 1.807) is 0 Å². The van der Waals surface area contributed by atoms with Crippen LogP contribution >= 0.6 is 0 Å². The Morgan fingerprint density at radius 3 is 2.50 bits per heavy atom. The van der Waals surface area contributed by atoms with Gasteiger partial charge in [0, 0.05) is 10.9 Å². The summed E-state index contributed by atoms with van der Waals surface area (Å²) in [6.07, 6.45) is 0. The van der Waals surface area contributed by atoms with Gasteiger partial charge < -0.3 is 9.40 Å². The Labute approximate surface area is 114 Å². The van der Waals surface area contributed by atoms with Gasteiger partial charge in [0.25, 0.3) is 0 Å². The van der Waals surface area contributed by atoms with E-state index in [0.717, 1.165) is 27.6 Å². The number of rotatable bonds is 0. The Kier molecular flexibility index (Phi) is 1.73. The molecule has 2 aromatic heterocycles. The monoisotopic (exact) mass is 257 g/mol. The Bertz CT molecular complexity index is 1100. The van der Waals surface area contributed by atoms with Gasteiger partial charge in [0.1, 0.15) is 5.58 Å². The maximum absolute atomic E-state index is 6.08. The number of nitrogens with one attached hydrogen (secondary N) is 1. The quantitative estimate of drug-likeness (QED) is 0.405. The first-order chi connectivity index (χ1) is 9.92. The molecule has 0 aliphatic heterocycles. The van der Waals surface area contributed by atoms with Crippen molar-refractivity contribution in [2.45, 2.75) is 0 Å². The lowest BCUT2D eigenvalue weighted by Gasteiger charge is -1.98. The zero-order valence-electron chi connectivity index (χ0n) is 10.7. The van der Waals surface area contributed by atoms with Crippen LogP contribution in [0, 0.1) is 0 Å². The van der Waals surface area contributed by atoms with Crippen LogP contribution in [0.1, 0.15) is 0 Å². The Hall–Kier alpha value is -2.74. The number of aromatic amines is 1. The summed E-state index contributed by atoms with van der Waals surface area (Å²) in [6.45, 7) is 0. The number of para-hydroxylation sites is 1. The predicted octanol–water partition coefficient (Wildman–Crippen LogP) is 5.22. The van der Waals surface area contributed by atoms with Crippen molar-refractivity contribution < 1.29 is 4.42 Å². The van der Waals surface area contributed by atoms with Crippen LogP contribution in [0.3, 0.4) is 0 Å². The zero-order chi connectivity index (χ0) is 13.1. The van der Waals surface area contributed by atoms with E-state index >= 15 is 0 Å². The molecule has 1 N–H and O–H groups in total. The highest BCUT2D eigenvalue weighted by molar-refractivity contribution is 6.22. The maximum Gasteiger partial charge on any atom is 0.160 e. The number of aromatic nitrogens is 1. The van der Waals surface area contributed by atoms with Gasteiger partial charge in [0.05, 0.1) is 10.9 Å².